The number of anilines is 1. The van der Waals surface area contributed by atoms with Crippen LogP contribution in [0, 0.1) is 0 Å². The molecule has 0 saturated carbocycles. The summed E-state index contributed by atoms with van der Waals surface area (Å²) in [6.45, 7) is 1.06. The Morgan fingerprint density at radius 1 is 1.33 bits per heavy atom. The van der Waals surface area contributed by atoms with Gasteiger partial charge in [0, 0.05) is 28.8 Å². The first kappa shape index (κ1) is 13.8. The molecule has 0 aromatic heterocycles. The summed E-state index contributed by atoms with van der Waals surface area (Å²) < 4.78 is 23.6. The molecule has 0 radical (unpaired) electrons. The molecule has 7 heteroatoms. The molecule has 2 rings (SSSR count). The third-order valence-corrected chi connectivity index (χ3v) is 5.41. The molecule has 1 aromatic carbocycles. The zero-order chi connectivity index (χ0) is 13.3. The van der Waals surface area contributed by atoms with Gasteiger partial charge in [-0.2, -0.15) is 0 Å². The molecule has 0 atom stereocenters. The van der Waals surface area contributed by atoms with E-state index in [1.165, 1.54) is 0 Å². The van der Waals surface area contributed by atoms with Crippen LogP contribution in [0.5, 0.6) is 0 Å². The van der Waals surface area contributed by atoms with E-state index in [0.29, 0.717) is 18.1 Å². The minimum Gasteiger partial charge on any atom is -0.389 e. The standard InChI is InChI=1S/C11H13BrN2O2S2/c12-10-7-8(1-2-9(10)11(13)17)14-3-5-18(15,16)6-4-14/h1-2,7H,3-6H2,(H2,13,17). The first-order chi connectivity index (χ1) is 8.39. The third kappa shape index (κ3) is 3.02. The van der Waals surface area contributed by atoms with Gasteiger partial charge in [0.1, 0.15) is 4.99 Å². The van der Waals surface area contributed by atoms with Crippen molar-refractivity contribution in [2.75, 3.05) is 29.5 Å². The second kappa shape index (κ2) is 5.14. The van der Waals surface area contributed by atoms with Crippen molar-refractivity contribution in [3.63, 3.8) is 0 Å². The van der Waals surface area contributed by atoms with E-state index in [9.17, 15) is 8.42 Å². The summed E-state index contributed by atoms with van der Waals surface area (Å²) in [5.74, 6) is 0.420. The van der Waals surface area contributed by atoms with E-state index in [2.05, 4.69) is 20.8 Å². The minimum atomic E-state index is -2.85. The van der Waals surface area contributed by atoms with Crippen LogP contribution in [0.4, 0.5) is 5.69 Å². The number of rotatable bonds is 2. The molecular weight excluding hydrogens is 336 g/mol. The van der Waals surface area contributed by atoms with E-state index in [1.807, 2.05) is 18.2 Å². The van der Waals surface area contributed by atoms with Crippen LogP contribution in [0.25, 0.3) is 0 Å². The van der Waals surface area contributed by atoms with Gasteiger partial charge in [-0.15, -0.1) is 0 Å². The predicted octanol–water partition coefficient (Wildman–Crippen LogP) is 1.32. The van der Waals surface area contributed by atoms with Crippen LogP contribution in [0.15, 0.2) is 22.7 Å². The molecule has 1 aliphatic rings. The zero-order valence-electron chi connectivity index (χ0n) is 9.60. The van der Waals surface area contributed by atoms with Gasteiger partial charge in [-0.05, 0) is 34.1 Å². The van der Waals surface area contributed by atoms with Gasteiger partial charge in [-0.3, -0.25) is 0 Å². The maximum Gasteiger partial charge on any atom is 0.153 e. The van der Waals surface area contributed by atoms with Crippen molar-refractivity contribution in [3.05, 3.63) is 28.2 Å². The van der Waals surface area contributed by atoms with Crippen LogP contribution < -0.4 is 10.6 Å². The monoisotopic (exact) mass is 348 g/mol. The van der Waals surface area contributed by atoms with Crippen LogP contribution in [0.1, 0.15) is 5.56 Å². The molecule has 1 heterocycles. The van der Waals surface area contributed by atoms with Crippen molar-refractivity contribution in [1.29, 1.82) is 0 Å². The summed E-state index contributed by atoms with van der Waals surface area (Å²) in [4.78, 5) is 2.39. The molecule has 18 heavy (non-hydrogen) atoms. The average molecular weight is 349 g/mol. The summed E-state index contributed by atoms with van der Waals surface area (Å²) in [6.07, 6.45) is 0. The summed E-state index contributed by atoms with van der Waals surface area (Å²) >= 11 is 8.36. The van der Waals surface area contributed by atoms with Crippen LogP contribution in [-0.2, 0) is 9.84 Å². The Bertz CT molecular complexity index is 573. The quantitative estimate of drug-likeness (QED) is 0.816. The van der Waals surface area contributed by atoms with E-state index < -0.39 is 9.84 Å². The van der Waals surface area contributed by atoms with Crippen LogP contribution in [0.2, 0.25) is 0 Å². The Hall–Kier alpha value is -0.660. The molecular formula is C11H13BrN2O2S2. The Labute approximate surface area is 120 Å². The van der Waals surface area contributed by atoms with Crippen molar-refractivity contribution in [2.45, 2.75) is 0 Å². The molecule has 98 valence electrons. The van der Waals surface area contributed by atoms with Gasteiger partial charge in [-0.1, -0.05) is 12.2 Å². The van der Waals surface area contributed by atoms with Crippen LogP contribution >= 0.6 is 28.1 Å². The molecule has 0 bridgehead atoms. The van der Waals surface area contributed by atoms with Crippen LogP contribution in [-0.4, -0.2) is 38.0 Å². The highest BCUT2D eigenvalue weighted by Crippen LogP contribution is 2.25. The van der Waals surface area contributed by atoms with Gasteiger partial charge < -0.3 is 10.6 Å². The summed E-state index contributed by atoms with van der Waals surface area (Å²) in [5, 5.41) is 0. The zero-order valence-corrected chi connectivity index (χ0v) is 12.8. The molecule has 0 amide bonds. The largest absolute Gasteiger partial charge is 0.389 e. The smallest absolute Gasteiger partial charge is 0.153 e. The van der Waals surface area contributed by atoms with Crippen LogP contribution in [0.3, 0.4) is 0 Å². The highest BCUT2D eigenvalue weighted by molar-refractivity contribution is 9.10. The van der Waals surface area contributed by atoms with Crippen molar-refractivity contribution in [2.24, 2.45) is 5.73 Å². The lowest BCUT2D eigenvalue weighted by atomic mass is 10.2. The number of sulfone groups is 1. The molecule has 0 aliphatic carbocycles. The topological polar surface area (TPSA) is 63.4 Å². The Balaban J connectivity index is 2.21. The summed E-state index contributed by atoms with van der Waals surface area (Å²) in [5.41, 5.74) is 7.36. The first-order valence-electron chi connectivity index (χ1n) is 5.44. The van der Waals surface area contributed by atoms with Gasteiger partial charge in [0.15, 0.2) is 9.84 Å². The second-order valence-electron chi connectivity index (χ2n) is 4.17. The Morgan fingerprint density at radius 3 is 2.44 bits per heavy atom. The molecule has 1 aliphatic heterocycles. The Morgan fingerprint density at radius 2 is 1.94 bits per heavy atom. The van der Waals surface area contributed by atoms with Gasteiger partial charge in [0.05, 0.1) is 11.5 Å². The van der Waals surface area contributed by atoms with E-state index in [4.69, 9.17) is 18.0 Å². The van der Waals surface area contributed by atoms with E-state index in [-0.39, 0.29) is 11.5 Å². The minimum absolute atomic E-state index is 0.210. The fourth-order valence-corrected chi connectivity index (χ4v) is 3.96. The van der Waals surface area contributed by atoms with Gasteiger partial charge >= 0.3 is 0 Å². The van der Waals surface area contributed by atoms with Gasteiger partial charge in [0.25, 0.3) is 0 Å². The highest BCUT2D eigenvalue weighted by Gasteiger charge is 2.22. The molecule has 1 aromatic rings. The number of halogens is 1. The number of hydrogen-bond donors (Lipinski definition) is 1. The lowest BCUT2D eigenvalue weighted by Gasteiger charge is -2.29. The molecule has 0 unspecified atom stereocenters. The fourth-order valence-electron chi connectivity index (χ4n) is 1.87. The lowest BCUT2D eigenvalue weighted by molar-refractivity contribution is 0.587. The van der Waals surface area contributed by atoms with Gasteiger partial charge in [-0.25, -0.2) is 8.42 Å². The summed E-state index contributed by atoms with van der Waals surface area (Å²) in [6, 6.07) is 5.69. The second-order valence-corrected chi connectivity index (χ2v) is 7.77. The normalized spacial score (nSPS) is 18.6. The predicted molar refractivity (Wildman–Crippen MR) is 80.9 cm³/mol. The van der Waals surface area contributed by atoms with Crippen molar-refractivity contribution >= 4 is 48.7 Å². The van der Waals surface area contributed by atoms with Gasteiger partial charge in [0.2, 0.25) is 0 Å². The number of nitrogens with two attached hydrogens (primary N) is 1. The molecule has 1 fully saturated rings. The van der Waals surface area contributed by atoms with E-state index >= 15 is 0 Å². The number of thiocarbonyl (C=S) groups is 1. The van der Waals surface area contributed by atoms with Crippen molar-refractivity contribution in [1.82, 2.24) is 0 Å². The SMILES string of the molecule is NC(=S)c1ccc(N2CCS(=O)(=O)CC2)cc1Br. The van der Waals surface area contributed by atoms with Crippen molar-refractivity contribution < 1.29 is 8.42 Å². The highest BCUT2D eigenvalue weighted by atomic mass is 79.9. The molecule has 4 nitrogen and oxygen atoms in total. The molecule has 2 N–H and O–H groups in total. The number of hydrogen-bond acceptors (Lipinski definition) is 4. The first-order valence-corrected chi connectivity index (χ1v) is 8.46. The number of nitrogens with zero attached hydrogens (tertiary/aromatic N) is 1. The number of benzene rings is 1. The average Bonchev–Trinajstić information content (AvgIpc) is 2.28. The lowest BCUT2D eigenvalue weighted by Crippen LogP contribution is -2.40. The fraction of sp³-hybridized carbons (Fsp3) is 0.364. The maximum absolute atomic E-state index is 11.4. The molecule has 0 spiro atoms. The van der Waals surface area contributed by atoms with E-state index in [1.54, 1.807) is 0 Å². The third-order valence-electron chi connectivity index (χ3n) is 2.93. The maximum atomic E-state index is 11.4. The van der Waals surface area contributed by atoms with E-state index in [0.717, 1.165) is 15.7 Å². The Kier molecular flexibility index (Phi) is 3.93. The summed E-state index contributed by atoms with van der Waals surface area (Å²) in [7, 11) is -2.85. The van der Waals surface area contributed by atoms with Crippen molar-refractivity contribution in [3.8, 4) is 0 Å². The molecule has 1 saturated heterocycles.